The molecule has 1 atom stereocenters. The number of halogens is 1. The van der Waals surface area contributed by atoms with Gasteiger partial charge in [-0.15, -0.1) is 12.4 Å². The third kappa shape index (κ3) is 3.85. The van der Waals surface area contributed by atoms with E-state index < -0.39 is 5.92 Å². The third-order valence-electron chi connectivity index (χ3n) is 1.89. The Morgan fingerprint density at radius 2 is 2.40 bits per heavy atom. The molecule has 0 aliphatic rings. The zero-order valence-electron chi connectivity index (χ0n) is 8.55. The second kappa shape index (κ2) is 7.20. The SMILES string of the molecule is CCOC(=O)[C@H](CN)c1cccnc1.Cl. The normalized spacial score (nSPS) is 11.3. The lowest BCUT2D eigenvalue weighted by molar-refractivity contribution is -0.144. The van der Waals surface area contributed by atoms with Crippen LogP contribution in [0.5, 0.6) is 0 Å². The first-order valence-corrected chi connectivity index (χ1v) is 4.56. The molecular formula is C10H15ClN2O2. The van der Waals surface area contributed by atoms with Gasteiger partial charge in [0.2, 0.25) is 0 Å². The molecule has 0 saturated carbocycles. The molecule has 1 heterocycles. The highest BCUT2D eigenvalue weighted by atomic mass is 35.5. The summed E-state index contributed by atoms with van der Waals surface area (Å²) < 4.78 is 4.90. The molecule has 0 bridgehead atoms. The van der Waals surface area contributed by atoms with Crippen molar-refractivity contribution in [1.29, 1.82) is 0 Å². The van der Waals surface area contributed by atoms with Crippen LogP contribution in [0, 0.1) is 0 Å². The number of carbonyl (C=O) groups is 1. The fraction of sp³-hybridized carbons (Fsp3) is 0.400. The molecule has 15 heavy (non-hydrogen) atoms. The first-order valence-electron chi connectivity index (χ1n) is 4.56. The van der Waals surface area contributed by atoms with Gasteiger partial charge >= 0.3 is 5.97 Å². The lowest BCUT2D eigenvalue weighted by Crippen LogP contribution is -2.23. The Bertz CT molecular complexity index is 293. The summed E-state index contributed by atoms with van der Waals surface area (Å²) in [5.74, 6) is -0.688. The lowest BCUT2D eigenvalue weighted by atomic mass is 10.0. The van der Waals surface area contributed by atoms with Gasteiger partial charge in [-0.3, -0.25) is 9.78 Å². The van der Waals surface area contributed by atoms with Crippen molar-refractivity contribution in [2.45, 2.75) is 12.8 Å². The minimum Gasteiger partial charge on any atom is -0.465 e. The quantitative estimate of drug-likeness (QED) is 0.787. The van der Waals surface area contributed by atoms with Crippen LogP contribution < -0.4 is 5.73 Å². The number of ether oxygens (including phenoxy) is 1. The number of esters is 1. The molecular weight excluding hydrogens is 216 g/mol. The highest BCUT2D eigenvalue weighted by Crippen LogP contribution is 2.14. The van der Waals surface area contributed by atoms with Crippen molar-refractivity contribution in [3.05, 3.63) is 30.1 Å². The van der Waals surface area contributed by atoms with Gasteiger partial charge < -0.3 is 10.5 Å². The van der Waals surface area contributed by atoms with Crippen molar-refractivity contribution in [3.8, 4) is 0 Å². The molecule has 0 aromatic carbocycles. The highest BCUT2D eigenvalue weighted by molar-refractivity contribution is 5.85. The van der Waals surface area contributed by atoms with Crippen molar-refractivity contribution in [2.75, 3.05) is 13.2 Å². The molecule has 0 unspecified atom stereocenters. The first-order chi connectivity index (χ1) is 6.79. The summed E-state index contributed by atoms with van der Waals surface area (Å²) in [5.41, 5.74) is 6.31. The second-order valence-electron chi connectivity index (χ2n) is 2.83. The maximum absolute atomic E-state index is 11.4. The van der Waals surface area contributed by atoms with E-state index in [4.69, 9.17) is 10.5 Å². The Labute approximate surface area is 95.2 Å². The number of carbonyl (C=O) groups excluding carboxylic acids is 1. The van der Waals surface area contributed by atoms with Gasteiger partial charge in [0.05, 0.1) is 12.5 Å². The monoisotopic (exact) mass is 230 g/mol. The fourth-order valence-corrected chi connectivity index (χ4v) is 1.19. The lowest BCUT2D eigenvalue weighted by Gasteiger charge is -2.12. The van der Waals surface area contributed by atoms with Crippen LogP contribution in [0.3, 0.4) is 0 Å². The van der Waals surface area contributed by atoms with E-state index in [9.17, 15) is 4.79 Å². The number of pyridine rings is 1. The van der Waals surface area contributed by atoms with Gasteiger partial charge in [-0.05, 0) is 18.6 Å². The zero-order chi connectivity index (χ0) is 10.4. The van der Waals surface area contributed by atoms with Gasteiger partial charge in [0, 0.05) is 18.9 Å². The van der Waals surface area contributed by atoms with E-state index in [1.165, 1.54) is 0 Å². The van der Waals surface area contributed by atoms with Crippen LogP contribution in [0.4, 0.5) is 0 Å². The number of nitrogens with two attached hydrogens (primary N) is 1. The molecule has 1 rings (SSSR count). The summed E-state index contributed by atoms with van der Waals surface area (Å²) >= 11 is 0. The standard InChI is InChI=1S/C10H14N2O2.ClH/c1-2-14-10(13)9(6-11)8-4-3-5-12-7-8;/h3-5,7,9H,2,6,11H2,1H3;1H/t9-;/m1./s1. The van der Waals surface area contributed by atoms with E-state index in [-0.39, 0.29) is 24.9 Å². The molecule has 84 valence electrons. The summed E-state index contributed by atoms with van der Waals surface area (Å²) in [4.78, 5) is 15.4. The number of hydrogen-bond donors (Lipinski definition) is 1. The molecule has 0 radical (unpaired) electrons. The van der Waals surface area contributed by atoms with Gasteiger partial charge in [-0.1, -0.05) is 6.07 Å². The maximum atomic E-state index is 11.4. The topological polar surface area (TPSA) is 65.2 Å². The van der Waals surface area contributed by atoms with Crippen molar-refractivity contribution in [3.63, 3.8) is 0 Å². The molecule has 0 aliphatic carbocycles. The van der Waals surface area contributed by atoms with Crippen LogP contribution >= 0.6 is 12.4 Å². The summed E-state index contributed by atoms with van der Waals surface area (Å²) in [6.07, 6.45) is 3.29. The number of rotatable bonds is 4. The van der Waals surface area contributed by atoms with Crippen molar-refractivity contribution >= 4 is 18.4 Å². The first kappa shape index (κ1) is 13.9. The van der Waals surface area contributed by atoms with Crippen LogP contribution in [-0.2, 0) is 9.53 Å². The Kier molecular flexibility index (Phi) is 6.66. The minimum absolute atomic E-state index is 0. The summed E-state index contributed by atoms with van der Waals surface area (Å²) in [7, 11) is 0. The van der Waals surface area contributed by atoms with E-state index in [0.717, 1.165) is 5.56 Å². The van der Waals surface area contributed by atoms with Gasteiger partial charge in [-0.2, -0.15) is 0 Å². The average molecular weight is 231 g/mol. The molecule has 2 N–H and O–H groups in total. The van der Waals surface area contributed by atoms with Crippen LogP contribution in [0.15, 0.2) is 24.5 Å². The van der Waals surface area contributed by atoms with Gasteiger partial charge in [0.1, 0.15) is 0 Å². The molecule has 0 fully saturated rings. The maximum Gasteiger partial charge on any atom is 0.314 e. The Morgan fingerprint density at radius 3 is 2.87 bits per heavy atom. The molecule has 0 spiro atoms. The number of nitrogens with zero attached hydrogens (tertiary/aromatic N) is 1. The van der Waals surface area contributed by atoms with Crippen molar-refractivity contribution in [1.82, 2.24) is 4.98 Å². The van der Waals surface area contributed by atoms with Crippen LogP contribution in [0.1, 0.15) is 18.4 Å². The predicted molar refractivity (Wildman–Crippen MR) is 59.9 cm³/mol. The summed E-state index contributed by atoms with van der Waals surface area (Å²) in [5, 5.41) is 0. The largest absolute Gasteiger partial charge is 0.465 e. The zero-order valence-corrected chi connectivity index (χ0v) is 9.37. The number of aromatic nitrogens is 1. The van der Waals surface area contributed by atoms with E-state index in [0.29, 0.717) is 6.61 Å². The smallest absolute Gasteiger partial charge is 0.314 e. The molecule has 5 heteroatoms. The summed E-state index contributed by atoms with van der Waals surface area (Å²) in [6.45, 7) is 2.38. The molecule has 1 aromatic heterocycles. The fourth-order valence-electron chi connectivity index (χ4n) is 1.19. The molecule has 4 nitrogen and oxygen atoms in total. The van der Waals surface area contributed by atoms with E-state index >= 15 is 0 Å². The van der Waals surface area contributed by atoms with Gasteiger partial charge in [0.25, 0.3) is 0 Å². The van der Waals surface area contributed by atoms with E-state index in [1.54, 1.807) is 25.4 Å². The molecule has 1 aromatic rings. The van der Waals surface area contributed by atoms with Crippen molar-refractivity contribution < 1.29 is 9.53 Å². The minimum atomic E-state index is -0.399. The van der Waals surface area contributed by atoms with Crippen LogP contribution in [0.25, 0.3) is 0 Å². The Morgan fingerprint density at radius 1 is 1.67 bits per heavy atom. The average Bonchev–Trinajstić information content (AvgIpc) is 2.21. The Hall–Kier alpha value is -1.13. The molecule has 0 saturated heterocycles. The summed E-state index contributed by atoms with van der Waals surface area (Å²) in [6, 6.07) is 3.60. The Balaban J connectivity index is 0.00000196. The van der Waals surface area contributed by atoms with Crippen LogP contribution in [0.2, 0.25) is 0 Å². The van der Waals surface area contributed by atoms with Crippen LogP contribution in [-0.4, -0.2) is 24.1 Å². The predicted octanol–water partition coefficient (Wildman–Crippen LogP) is 1.11. The molecule has 0 amide bonds. The van der Waals surface area contributed by atoms with E-state index in [1.807, 2.05) is 6.07 Å². The van der Waals surface area contributed by atoms with Gasteiger partial charge in [0.15, 0.2) is 0 Å². The van der Waals surface area contributed by atoms with Crippen molar-refractivity contribution in [2.24, 2.45) is 5.73 Å². The second-order valence-corrected chi connectivity index (χ2v) is 2.83. The highest BCUT2D eigenvalue weighted by Gasteiger charge is 2.19. The third-order valence-corrected chi connectivity index (χ3v) is 1.89. The van der Waals surface area contributed by atoms with E-state index in [2.05, 4.69) is 4.98 Å². The molecule has 0 aliphatic heterocycles. The van der Waals surface area contributed by atoms with Gasteiger partial charge in [-0.25, -0.2) is 0 Å². The number of hydrogen-bond acceptors (Lipinski definition) is 4.